The molecule has 2 aromatic carbocycles. The highest BCUT2D eigenvalue weighted by Gasteiger charge is 2.16. The smallest absolute Gasteiger partial charge is 0.305 e. The van der Waals surface area contributed by atoms with Crippen molar-refractivity contribution in [3.8, 4) is 11.1 Å². The molecule has 0 aliphatic heterocycles. The number of nitrogens with one attached hydrogen (secondary N) is 2. The van der Waals surface area contributed by atoms with Gasteiger partial charge in [0, 0.05) is 30.5 Å². The van der Waals surface area contributed by atoms with E-state index in [0.29, 0.717) is 21.8 Å². The number of aliphatic carboxylic acids is 1. The molecule has 0 aromatic heterocycles. The first-order valence-electron chi connectivity index (χ1n) is 9.00. The number of hydrogen-bond donors (Lipinski definition) is 3. The van der Waals surface area contributed by atoms with E-state index in [4.69, 9.17) is 63.1 Å². The lowest BCUT2D eigenvalue weighted by molar-refractivity contribution is -0.136. The Morgan fingerprint density at radius 1 is 0.710 bits per heavy atom. The van der Waals surface area contributed by atoms with Gasteiger partial charge in [-0.15, -0.1) is 0 Å². The van der Waals surface area contributed by atoms with Crippen molar-refractivity contribution in [3.05, 3.63) is 49.4 Å². The molecule has 11 heteroatoms. The summed E-state index contributed by atoms with van der Waals surface area (Å²) in [6, 6.07) is 6.09. The molecule has 0 aliphatic rings. The number of carboxylic acids is 1. The second-order valence-corrected chi connectivity index (χ2v) is 8.49. The number of carbonyl (C=O) groups excluding carboxylic acids is 2. The Kier molecular flexibility index (Phi) is 9.72. The number of rotatable bonds is 9. The van der Waals surface area contributed by atoms with Gasteiger partial charge in [0.15, 0.2) is 0 Å². The van der Waals surface area contributed by atoms with E-state index >= 15 is 0 Å². The third kappa shape index (κ3) is 7.74. The largest absolute Gasteiger partial charge is 0.481 e. The summed E-state index contributed by atoms with van der Waals surface area (Å²) in [7, 11) is 0. The molecule has 0 saturated carbocycles. The molecule has 0 unspecified atom stereocenters. The lowest BCUT2D eigenvalue weighted by Crippen LogP contribution is -2.26. The van der Waals surface area contributed by atoms with Crippen molar-refractivity contribution in [2.24, 2.45) is 0 Å². The van der Waals surface area contributed by atoms with Gasteiger partial charge in [-0.1, -0.05) is 58.0 Å². The maximum absolute atomic E-state index is 12.4. The molecule has 0 aliphatic carbocycles. The Morgan fingerprint density at radius 2 is 1.26 bits per heavy atom. The molecule has 0 saturated heterocycles. The maximum Gasteiger partial charge on any atom is 0.305 e. The summed E-state index contributed by atoms with van der Waals surface area (Å²) >= 11 is 30.7. The highest BCUT2D eigenvalue weighted by Crippen LogP contribution is 2.41. The number of benzene rings is 2. The van der Waals surface area contributed by atoms with Crippen molar-refractivity contribution in [1.82, 2.24) is 5.32 Å². The van der Waals surface area contributed by atoms with Gasteiger partial charge in [-0.3, -0.25) is 14.4 Å². The van der Waals surface area contributed by atoms with Gasteiger partial charge < -0.3 is 15.7 Å². The van der Waals surface area contributed by atoms with Crippen molar-refractivity contribution in [3.63, 3.8) is 0 Å². The number of halogens is 5. The Labute approximate surface area is 203 Å². The van der Waals surface area contributed by atoms with Crippen molar-refractivity contribution in [1.29, 1.82) is 0 Å². The highest BCUT2D eigenvalue weighted by atomic mass is 35.5. The third-order valence-corrected chi connectivity index (χ3v) is 5.86. The Bertz CT molecular complexity index is 1010. The highest BCUT2D eigenvalue weighted by molar-refractivity contribution is 6.44. The van der Waals surface area contributed by atoms with Crippen molar-refractivity contribution < 1.29 is 19.5 Å². The predicted molar refractivity (Wildman–Crippen MR) is 125 cm³/mol. The van der Waals surface area contributed by atoms with E-state index in [2.05, 4.69) is 10.6 Å². The van der Waals surface area contributed by atoms with Crippen LogP contribution in [0.25, 0.3) is 11.1 Å². The van der Waals surface area contributed by atoms with Crippen molar-refractivity contribution in [2.45, 2.75) is 25.7 Å². The lowest BCUT2D eigenvalue weighted by Gasteiger charge is -2.15. The topological polar surface area (TPSA) is 95.5 Å². The first-order valence-corrected chi connectivity index (χ1v) is 10.9. The summed E-state index contributed by atoms with van der Waals surface area (Å²) in [5, 5.41) is 15.1. The summed E-state index contributed by atoms with van der Waals surface area (Å²) < 4.78 is 0. The molecule has 2 amide bonds. The third-order valence-electron chi connectivity index (χ3n) is 4.10. The zero-order valence-corrected chi connectivity index (χ0v) is 19.7. The minimum absolute atomic E-state index is 0.0391. The molecular weight excluding hydrogens is 509 g/mol. The van der Waals surface area contributed by atoms with Crippen molar-refractivity contribution in [2.75, 3.05) is 11.9 Å². The molecular formula is C20H17Cl5N2O4. The fourth-order valence-corrected chi connectivity index (χ4v) is 3.60. The van der Waals surface area contributed by atoms with Crippen LogP contribution in [-0.4, -0.2) is 29.4 Å². The minimum atomic E-state index is -1.00. The van der Waals surface area contributed by atoms with E-state index in [9.17, 15) is 14.4 Å². The molecule has 0 heterocycles. The Balaban J connectivity index is 2.09. The molecule has 0 fully saturated rings. The van der Waals surface area contributed by atoms with Crippen LogP contribution in [0.1, 0.15) is 25.7 Å². The number of hydrogen-bond acceptors (Lipinski definition) is 3. The number of anilines is 1. The van der Waals surface area contributed by atoms with Gasteiger partial charge in [0.2, 0.25) is 11.8 Å². The first-order chi connectivity index (χ1) is 14.6. The normalized spacial score (nSPS) is 10.6. The van der Waals surface area contributed by atoms with Gasteiger partial charge >= 0.3 is 5.97 Å². The van der Waals surface area contributed by atoms with E-state index in [0.717, 1.165) is 0 Å². The molecule has 6 nitrogen and oxygen atoms in total. The Morgan fingerprint density at radius 3 is 1.90 bits per heavy atom. The van der Waals surface area contributed by atoms with Gasteiger partial charge in [0.1, 0.15) is 0 Å². The molecule has 2 rings (SSSR count). The quantitative estimate of drug-likeness (QED) is 0.333. The number of carbonyl (C=O) groups is 3. The standard InChI is InChI=1S/C20H17Cl5N2O4/c21-12-8-15(24)13(22)6-10(12)11-7-14(23)16(25)9-17(11)27-19(29)3-1-2-18(28)26-5-4-20(30)31/h6-9H,1-5H2,(H,26,28)(H,27,29)(H,30,31). The number of amides is 2. The van der Waals surface area contributed by atoms with Gasteiger partial charge in [0.25, 0.3) is 0 Å². The average molecular weight is 527 g/mol. The van der Waals surface area contributed by atoms with Crippen LogP contribution in [-0.2, 0) is 14.4 Å². The van der Waals surface area contributed by atoms with Gasteiger partial charge in [0.05, 0.1) is 37.2 Å². The molecule has 0 radical (unpaired) electrons. The fraction of sp³-hybridized carbons (Fsp3) is 0.250. The average Bonchev–Trinajstić information content (AvgIpc) is 2.67. The molecule has 3 N–H and O–H groups in total. The van der Waals surface area contributed by atoms with Crippen LogP contribution in [0.2, 0.25) is 25.1 Å². The van der Waals surface area contributed by atoms with Crippen LogP contribution < -0.4 is 10.6 Å². The molecule has 31 heavy (non-hydrogen) atoms. The van der Waals surface area contributed by atoms with E-state index in [1.54, 1.807) is 12.1 Å². The zero-order chi connectivity index (χ0) is 23.1. The van der Waals surface area contributed by atoms with Crippen LogP contribution in [0.5, 0.6) is 0 Å². The van der Waals surface area contributed by atoms with Crippen LogP contribution in [0.4, 0.5) is 5.69 Å². The predicted octanol–water partition coefficient (Wildman–Crippen LogP) is 6.32. The lowest BCUT2D eigenvalue weighted by atomic mass is 10.0. The van der Waals surface area contributed by atoms with E-state index in [1.165, 1.54) is 12.1 Å². The van der Waals surface area contributed by atoms with Crippen LogP contribution in [0.15, 0.2) is 24.3 Å². The maximum atomic E-state index is 12.4. The fourth-order valence-electron chi connectivity index (χ4n) is 2.62. The molecule has 0 spiro atoms. The summed E-state index contributed by atoms with van der Waals surface area (Å²) in [5.41, 5.74) is 1.37. The van der Waals surface area contributed by atoms with E-state index in [-0.39, 0.29) is 64.1 Å². The molecule has 0 atom stereocenters. The van der Waals surface area contributed by atoms with Crippen molar-refractivity contribution >= 4 is 81.5 Å². The van der Waals surface area contributed by atoms with Gasteiger partial charge in [-0.25, -0.2) is 0 Å². The summed E-state index contributed by atoms with van der Waals surface area (Å²) in [6.45, 7) is 0.0391. The molecule has 0 bridgehead atoms. The molecule has 166 valence electrons. The van der Waals surface area contributed by atoms with Crippen LogP contribution in [0.3, 0.4) is 0 Å². The SMILES string of the molecule is O=C(O)CCNC(=O)CCCC(=O)Nc1cc(Cl)c(Cl)cc1-c1cc(Cl)c(Cl)cc1Cl. The number of carboxylic acid groups (broad SMARTS) is 1. The second kappa shape index (κ2) is 11.8. The van der Waals surface area contributed by atoms with Gasteiger partial charge in [-0.05, 0) is 30.7 Å². The second-order valence-electron chi connectivity index (χ2n) is 6.45. The summed E-state index contributed by atoms with van der Waals surface area (Å²) in [6.07, 6.45) is 0.250. The minimum Gasteiger partial charge on any atom is -0.481 e. The van der Waals surface area contributed by atoms with Crippen LogP contribution >= 0.6 is 58.0 Å². The molecule has 2 aromatic rings. The van der Waals surface area contributed by atoms with Crippen LogP contribution in [0, 0.1) is 0 Å². The van der Waals surface area contributed by atoms with Gasteiger partial charge in [-0.2, -0.15) is 0 Å². The summed E-state index contributed by atoms with van der Waals surface area (Å²) in [5.74, 6) is -1.68. The van der Waals surface area contributed by atoms with E-state index in [1.807, 2.05) is 0 Å². The first kappa shape index (κ1) is 25.6. The Hall–Kier alpha value is -1.70. The van der Waals surface area contributed by atoms with E-state index < -0.39 is 5.97 Å². The summed E-state index contributed by atoms with van der Waals surface area (Å²) in [4.78, 5) is 34.5. The zero-order valence-electron chi connectivity index (χ0n) is 15.9. The monoisotopic (exact) mass is 524 g/mol.